The molecule has 1 fully saturated rings. The van der Waals surface area contributed by atoms with Gasteiger partial charge in [-0.3, -0.25) is 4.79 Å². The number of thioether (sulfide) groups is 1. The first kappa shape index (κ1) is 27.4. The van der Waals surface area contributed by atoms with Crippen LogP contribution in [0.25, 0.3) is 10.9 Å². The van der Waals surface area contributed by atoms with Crippen LogP contribution in [-0.4, -0.2) is 58.1 Å². The van der Waals surface area contributed by atoms with Crippen molar-refractivity contribution in [1.82, 2.24) is 14.9 Å². The Hall–Kier alpha value is -4.17. The van der Waals surface area contributed by atoms with Crippen molar-refractivity contribution in [2.45, 2.75) is 23.6 Å². The Morgan fingerprint density at radius 2 is 2.15 bits per heavy atom. The highest BCUT2D eigenvalue weighted by Crippen LogP contribution is 2.67. The highest BCUT2D eigenvalue weighted by molar-refractivity contribution is 8.15. The van der Waals surface area contributed by atoms with E-state index in [0.717, 1.165) is 5.39 Å². The molecule has 0 saturated heterocycles. The molecule has 8 nitrogen and oxygen atoms in total. The Balaban J connectivity index is 1.47. The Labute approximate surface area is 235 Å². The Morgan fingerprint density at radius 3 is 2.90 bits per heavy atom. The number of carbonyl (C=O) groups excluding carboxylic acids is 1. The van der Waals surface area contributed by atoms with Gasteiger partial charge in [0, 0.05) is 53.7 Å². The number of rotatable bonds is 8. The van der Waals surface area contributed by atoms with Crippen LogP contribution in [0.3, 0.4) is 0 Å². The van der Waals surface area contributed by atoms with Crippen molar-refractivity contribution in [3.05, 3.63) is 66.3 Å². The number of alkyl halides is 1. The second-order valence-corrected chi connectivity index (χ2v) is 11.2. The number of hydrogen-bond donors (Lipinski definition) is 2. The van der Waals surface area contributed by atoms with Gasteiger partial charge < -0.3 is 20.7 Å². The van der Waals surface area contributed by atoms with E-state index in [1.807, 2.05) is 6.07 Å². The molecule has 0 bridgehead atoms. The molecule has 3 heterocycles. The number of ether oxygens (including phenoxy) is 1. The molecule has 0 radical (unpaired) electrons. The maximum absolute atomic E-state index is 15.4. The van der Waals surface area contributed by atoms with Crippen molar-refractivity contribution in [3.63, 3.8) is 0 Å². The fourth-order valence-electron chi connectivity index (χ4n) is 4.93. The van der Waals surface area contributed by atoms with Gasteiger partial charge in [0.25, 0.3) is 0 Å². The van der Waals surface area contributed by atoms with Gasteiger partial charge in [0.05, 0.1) is 6.20 Å². The summed E-state index contributed by atoms with van der Waals surface area (Å²) in [7, 11) is 3.29. The van der Waals surface area contributed by atoms with Gasteiger partial charge in [0.1, 0.15) is 35.9 Å². The van der Waals surface area contributed by atoms with Crippen LogP contribution in [0.5, 0.6) is 5.75 Å². The van der Waals surface area contributed by atoms with Crippen molar-refractivity contribution < 1.29 is 18.3 Å². The molecule has 0 spiro atoms. The predicted octanol–water partition coefficient (Wildman–Crippen LogP) is 4.54. The number of halogens is 2. The zero-order valence-corrected chi connectivity index (χ0v) is 23.1. The minimum atomic E-state index is -1.53. The van der Waals surface area contributed by atoms with Crippen LogP contribution < -0.4 is 15.8 Å². The average molecular weight is 563 g/mol. The SMILES string of the molecule is CC#CCOc1cnc2c(Nc3ccc(F)c([C@@]4(CF)N=C(N)S[C@@]5(/C=C/C(=O)N(C)C)C[C@H]54)c3)nccc2c1. The molecule has 2 aromatic heterocycles. The number of hydrogen-bond acceptors (Lipinski definition) is 8. The molecule has 1 amide bonds. The summed E-state index contributed by atoms with van der Waals surface area (Å²) in [6, 6.07) is 8.00. The number of benzene rings is 1. The fourth-order valence-corrected chi connectivity index (χ4v) is 6.26. The second kappa shape index (κ2) is 10.8. The van der Waals surface area contributed by atoms with Gasteiger partial charge in [0.2, 0.25) is 5.91 Å². The first-order valence-corrected chi connectivity index (χ1v) is 13.4. The third kappa shape index (κ3) is 5.07. The summed E-state index contributed by atoms with van der Waals surface area (Å²) < 4.78 is 35.3. The van der Waals surface area contributed by atoms with Gasteiger partial charge in [-0.25, -0.2) is 23.7 Å². The van der Waals surface area contributed by atoms with Gasteiger partial charge in [-0.15, -0.1) is 5.92 Å². The summed E-state index contributed by atoms with van der Waals surface area (Å²) in [5.41, 5.74) is 5.79. The van der Waals surface area contributed by atoms with Gasteiger partial charge >= 0.3 is 0 Å². The molecule has 3 atom stereocenters. The van der Waals surface area contributed by atoms with Crippen molar-refractivity contribution in [2.75, 3.05) is 32.7 Å². The second-order valence-electron chi connectivity index (χ2n) is 9.83. The summed E-state index contributed by atoms with van der Waals surface area (Å²) >= 11 is 1.28. The van der Waals surface area contributed by atoms with Crippen LogP contribution in [0.15, 0.2) is 59.9 Å². The lowest BCUT2D eigenvalue weighted by Gasteiger charge is -2.34. The van der Waals surface area contributed by atoms with E-state index in [1.165, 1.54) is 28.8 Å². The number of nitrogens with one attached hydrogen (secondary N) is 1. The number of aliphatic imine (C=N–C) groups is 1. The molecule has 3 N–H and O–H groups in total. The van der Waals surface area contributed by atoms with Crippen molar-refractivity contribution in [1.29, 1.82) is 0 Å². The molecule has 1 saturated carbocycles. The quantitative estimate of drug-likeness (QED) is 0.307. The molecule has 1 aliphatic heterocycles. The monoisotopic (exact) mass is 562 g/mol. The van der Waals surface area contributed by atoms with E-state index in [2.05, 4.69) is 32.1 Å². The average Bonchev–Trinajstić information content (AvgIpc) is 3.67. The predicted molar refractivity (Wildman–Crippen MR) is 154 cm³/mol. The lowest BCUT2D eigenvalue weighted by molar-refractivity contribution is -0.123. The van der Waals surface area contributed by atoms with Crippen molar-refractivity contribution in [3.8, 4) is 17.6 Å². The molecule has 206 valence electrons. The fraction of sp³-hybridized carbons (Fsp3) is 0.310. The first-order valence-electron chi connectivity index (χ1n) is 12.6. The Kier molecular flexibility index (Phi) is 7.38. The molecule has 3 aromatic rings. The number of anilines is 2. The van der Waals surface area contributed by atoms with Crippen LogP contribution in [0.1, 0.15) is 18.9 Å². The minimum Gasteiger partial charge on any atom is -0.479 e. The van der Waals surface area contributed by atoms with Crippen LogP contribution in [-0.2, 0) is 10.3 Å². The Morgan fingerprint density at radius 1 is 1.32 bits per heavy atom. The third-order valence-electron chi connectivity index (χ3n) is 7.04. The van der Waals surface area contributed by atoms with Crippen LogP contribution in [0, 0.1) is 23.6 Å². The van der Waals surface area contributed by atoms with E-state index >= 15 is 4.39 Å². The zero-order chi connectivity index (χ0) is 28.5. The molecule has 1 aromatic carbocycles. The number of carbonyl (C=O) groups is 1. The number of aromatic nitrogens is 2. The molecule has 11 heteroatoms. The summed E-state index contributed by atoms with van der Waals surface area (Å²) in [5, 5.41) is 4.12. The topological polar surface area (TPSA) is 106 Å². The minimum absolute atomic E-state index is 0.0865. The van der Waals surface area contributed by atoms with E-state index in [9.17, 15) is 9.18 Å². The number of nitrogens with two attached hydrogens (primary N) is 1. The number of fused-ring (bicyclic) bond motifs is 2. The first-order chi connectivity index (χ1) is 19.2. The molecule has 40 heavy (non-hydrogen) atoms. The van der Waals surface area contributed by atoms with Gasteiger partial charge in [0.15, 0.2) is 11.0 Å². The van der Waals surface area contributed by atoms with Crippen LogP contribution in [0.2, 0.25) is 0 Å². The van der Waals surface area contributed by atoms with Crippen LogP contribution in [0.4, 0.5) is 20.3 Å². The van der Waals surface area contributed by atoms with Gasteiger partial charge in [-0.1, -0.05) is 23.8 Å². The molecule has 5 rings (SSSR count). The number of amidine groups is 1. The molecular weight excluding hydrogens is 534 g/mol. The van der Waals surface area contributed by atoms with Gasteiger partial charge in [-0.2, -0.15) is 0 Å². The van der Waals surface area contributed by atoms with E-state index < -0.39 is 22.8 Å². The highest BCUT2D eigenvalue weighted by atomic mass is 32.2. The summed E-state index contributed by atoms with van der Waals surface area (Å²) in [6.07, 6.45) is 6.91. The lowest BCUT2D eigenvalue weighted by Crippen LogP contribution is -2.39. The maximum atomic E-state index is 15.4. The summed E-state index contributed by atoms with van der Waals surface area (Å²) in [6.45, 7) is 1.04. The summed E-state index contributed by atoms with van der Waals surface area (Å²) in [4.78, 5) is 27.0. The van der Waals surface area contributed by atoms with E-state index in [0.29, 0.717) is 29.2 Å². The van der Waals surface area contributed by atoms with Crippen molar-refractivity contribution in [2.24, 2.45) is 16.6 Å². The number of nitrogens with zero attached hydrogens (tertiary/aromatic N) is 4. The van der Waals surface area contributed by atoms with Crippen LogP contribution >= 0.6 is 11.8 Å². The van der Waals surface area contributed by atoms with Crippen molar-refractivity contribution >= 4 is 45.2 Å². The number of likely N-dealkylation sites (N-methyl/N-ethyl adjacent to an activating group) is 1. The normalized spacial score (nSPS) is 23.1. The number of amides is 1. The zero-order valence-electron chi connectivity index (χ0n) is 22.2. The largest absolute Gasteiger partial charge is 0.479 e. The lowest BCUT2D eigenvalue weighted by atomic mass is 9.84. The van der Waals surface area contributed by atoms with Gasteiger partial charge in [-0.05, 0) is 43.7 Å². The smallest absolute Gasteiger partial charge is 0.245 e. The summed E-state index contributed by atoms with van der Waals surface area (Å²) in [5.74, 6) is 5.45. The molecule has 0 unspecified atom stereocenters. The van der Waals surface area contributed by atoms with E-state index in [1.54, 1.807) is 57.7 Å². The highest BCUT2D eigenvalue weighted by Gasteiger charge is 2.67. The molecule has 1 aliphatic carbocycles. The molecular formula is C29H28F2N6O2S. The third-order valence-corrected chi connectivity index (χ3v) is 8.31. The molecule has 2 aliphatic rings. The van der Waals surface area contributed by atoms with E-state index in [-0.39, 0.29) is 29.2 Å². The van der Waals surface area contributed by atoms with E-state index in [4.69, 9.17) is 10.5 Å². The Bertz CT molecular complexity index is 1600. The maximum Gasteiger partial charge on any atom is 0.245 e. The number of pyridine rings is 2. The standard InChI is InChI=1S/C29H28F2N6O2S/c1-4-5-12-39-20-13-18-9-11-33-26(25(18)34-16-20)35-19-6-7-22(31)21(14-19)29(17-30)23-15-28(23,40-27(32)36-29)10-8-24(38)37(2)3/h6-11,13-14,16,23H,12,15,17H2,1-3H3,(H2,32,36)(H,33,35)/b10-8+/t23-,28+,29-/m1/s1.